The topological polar surface area (TPSA) is 44.8 Å². The minimum Gasteiger partial charge on any atom is -0.371 e. The SMILES string of the molecule is C[C@@H]1CNC[C@@H](CN2CCN(C(=O)c3ccccc3)CC2)O1. The molecular formula is C17H25N3O2. The van der Waals surface area contributed by atoms with Gasteiger partial charge in [-0.15, -0.1) is 0 Å². The normalized spacial score (nSPS) is 26.9. The van der Waals surface area contributed by atoms with Crippen molar-refractivity contribution in [1.29, 1.82) is 0 Å². The van der Waals surface area contributed by atoms with E-state index in [2.05, 4.69) is 17.1 Å². The highest BCUT2D eigenvalue weighted by molar-refractivity contribution is 5.94. The molecule has 5 heteroatoms. The van der Waals surface area contributed by atoms with Crippen LogP contribution in [0.15, 0.2) is 30.3 Å². The van der Waals surface area contributed by atoms with E-state index in [0.29, 0.717) is 6.10 Å². The van der Waals surface area contributed by atoms with E-state index >= 15 is 0 Å². The zero-order chi connectivity index (χ0) is 15.4. The summed E-state index contributed by atoms with van der Waals surface area (Å²) in [4.78, 5) is 16.8. The van der Waals surface area contributed by atoms with E-state index in [0.717, 1.165) is 51.4 Å². The summed E-state index contributed by atoms with van der Waals surface area (Å²) in [6.45, 7) is 8.36. The van der Waals surface area contributed by atoms with Gasteiger partial charge in [0.1, 0.15) is 0 Å². The zero-order valence-electron chi connectivity index (χ0n) is 13.2. The maximum absolute atomic E-state index is 12.4. The lowest BCUT2D eigenvalue weighted by Crippen LogP contribution is -2.54. The third-order valence-electron chi connectivity index (χ3n) is 4.37. The Bertz CT molecular complexity index is 486. The number of carbonyl (C=O) groups is 1. The van der Waals surface area contributed by atoms with Crippen LogP contribution >= 0.6 is 0 Å². The molecular weight excluding hydrogens is 278 g/mol. The van der Waals surface area contributed by atoms with Crippen molar-refractivity contribution in [2.75, 3.05) is 45.8 Å². The zero-order valence-corrected chi connectivity index (χ0v) is 13.2. The number of rotatable bonds is 3. The van der Waals surface area contributed by atoms with Crippen molar-refractivity contribution in [3.8, 4) is 0 Å². The maximum atomic E-state index is 12.4. The van der Waals surface area contributed by atoms with Crippen molar-refractivity contribution in [3.63, 3.8) is 0 Å². The monoisotopic (exact) mass is 303 g/mol. The van der Waals surface area contributed by atoms with Gasteiger partial charge in [0.2, 0.25) is 0 Å². The highest BCUT2D eigenvalue weighted by Crippen LogP contribution is 2.11. The van der Waals surface area contributed by atoms with E-state index in [9.17, 15) is 4.79 Å². The van der Waals surface area contributed by atoms with Gasteiger partial charge in [-0.05, 0) is 19.1 Å². The fraction of sp³-hybridized carbons (Fsp3) is 0.588. The Kier molecular flexibility index (Phi) is 5.08. The second-order valence-corrected chi connectivity index (χ2v) is 6.19. The van der Waals surface area contributed by atoms with E-state index in [1.54, 1.807) is 0 Å². The molecule has 0 aliphatic carbocycles. The number of ether oxygens (including phenoxy) is 1. The van der Waals surface area contributed by atoms with E-state index in [4.69, 9.17) is 4.74 Å². The minimum absolute atomic E-state index is 0.143. The number of hydrogen-bond donors (Lipinski definition) is 1. The number of nitrogens with one attached hydrogen (secondary N) is 1. The summed E-state index contributed by atoms with van der Waals surface area (Å²) in [5.74, 6) is 0.143. The highest BCUT2D eigenvalue weighted by Gasteiger charge is 2.26. The molecule has 3 rings (SSSR count). The van der Waals surface area contributed by atoms with Crippen LogP contribution in [0.5, 0.6) is 0 Å². The third kappa shape index (κ3) is 3.85. The van der Waals surface area contributed by atoms with Crippen molar-refractivity contribution in [2.24, 2.45) is 0 Å². The number of morpholine rings is 1. The fourth-order valence-electron chi connectivity index (χ4n) is 3.16. The highest BCUT2D eigenvalue weighted by atomic mass is 16.5. The molecule has 0 bridgehead atoms. The van der Waals surface area contributed by atoms with Gasteiger partial charge in [0, 0.05) is 51.4 Å². The number of carbonyl (C=O) groups excluding carboxylic acids is 1. The molecule has 2 fully saturated rings. The third-order valence-corrected chi connectivity index (χ3v) is 4.37. The van der Waals surface area contributed by atoms with Crippen LogP contribution in [-0.4, -0.2) is 73.7 Å². The first-order valence-corrected chi connectivity index (χ1v) is 8.15. The van der Waals surface area contributed by atoms with Crippen molar-refractivity contribution in [3.05, 3.63) is 35.9 Å². The van der Waals surface area contributed by atoms with Crippen molar-refractivity contribution in [2.45, 2.75) is 19.1 Å². The maximum Gasteiger partial charge on any atom is 0.253 e. The molecule has 0 unspecified atom stereocenters. The van der Waals surface area contributed by atoms with Gasteiger partial charge in [-0.25, -0.2) is 0 Å². The van der Waals surface area contributed by atoms with E-state index in [1.807, 2.05) is 35.2 Å². The average Bonchev–Trinajstić information content (AvgIpc) is 2.56. The number of amides is 1. The van der Waals surface area contributed by atoms with Gasteiger partial charge in [-0.1, -0.05) is 18.2 Å². The lowest BCUT2D eigenvalue weighted by molar-refractivity contribution is -0.0464. The first-order chi connectivity index (χ1) is 10.7. The van der Waals surface area contributed by atoms with Gasteiger partial charge in [0.15, 0.2) is 0 Å². The molecule has 2 heterocycles. The summed E-state index contributed by atoms with van der Waals surface area (Å²) in [5, 5.41) is 3.41. The molecule has 0 aromatic heterocycles. The molecule has 2 aliphatic heterocycles. The summed E-state index contributed by atoms with van der Waals surface area (Å²) in [5.41, 5.74) is 0.782. The van der Waals surface area contributed by atoms with Crippen molar-refractivity contribution in [1.82, 2.24) is 15.1 Å². The number of benzene rings is 1. The van der Waals surface area contributed by atoms with Gasteiger partial charge in [-0.2, -0.15) is 0 Å². The molecule has 0 spiro atoms. The summed E-state index contributed by atoms with van der Waals surface area (Å²) >= 11 is 0. The van der Waals surface area contributed by atoms with E-state index in [1.165, 1.54) is 0 Å². The predicted molar refractivity (Wildman–Crippen MR) is 86.0 cm³/mol. The summed E-state index contributed by atoms with van der Waals surface area (Å²) in [6.07, 6.45) is 0.555. The Balaban J connectivity index is 1.47. The lowest BCUT2D eigenvalue weighted by atomic mass is 10.1. The number of piperazine rings is 1. The fourth-order valence-corrected chi connectivity index (χ4v) is 3.16. The van der Waals surface area contributed by atoms with Crippen LogP contribution in [0, 0.1) is 0 Å². The van der Waals surface area contributed by atoms with Crippen LogP contribution in [0.25, 0.3) is 0 Å². The largest absolute Gasteiger partial charge is 0.371 e. The Morgan fingerprint density at radius 3 is 2.59 bits per heavy atom. The number of hydrogen-bond acceptors (Lipinski definition) is 4. The van der Waals surface area contributed by atoms with Crippen molar-refractivity contribution < 1.29 is 9.53 Å². The molecule has 22 heavy (non-hydrogen) atoms. The first-order valence-electron chi connectivity index (χ1n) is 8.15. The molecule has 0 saturated carbocycles. The summed E-state index contributed by atoms with van der Waals surface area (Å²) < 4.78 is 5.95. The van der Waals surface area contributed by atoms with Crippen LogP contribution in [0.1, 0.15) is 17.3 Å². The molecule has 5 nitrogen and oxygen atoms in total. The quantitative estimate of drug-likeness (QED) is 0.898. The molecule has 2 saturated heterocycles. The van der Waals surface area contributed by atoms with Crippen LogP contribution < -0.4 is 5.32 Å². The van der Waals surface area contributed by atoms with Crippen molar-refractivity contribution >= 4 is 5.91 Å². The summed E-state index contributed by atoms with van der Waals surface area (Å²) in [7, 11) is 0. The lowest BCUT2D eigenvalue weighted by Gasteiger charge is -2.38. The Morgan fingerprint density at radius 1 is 1.18 bits per heavy atom. The smallest absolute Gasteiger partial charge is 0.253 e. The molecule has 0 radical (unpaired) electrons. The number of nitrogens with zero attached hydrogens (tertiary/aromatic N) is 2. The molecule has 120 valence electrons. The van der Waals surface area contributed by atoms with Gasteiger partial charge in [0.25, 0.3) is 5.91 Å². The second-order valence-electron chi connectivity index (χ2n) is 6.19. The predicted octanol–water partition coefficient (Wildman–Crippen LogP) is 0.821. The molecule has 1 N–H and O–H groups in total. The molecule has 1 amide bonds. The standard InChI is InChI=1S/C17H25N3O2/c1-14-11-18-12-16(22-14)13-19-7-9-20(10-8-19)17(21)15-5-3-2-4-6-15/h2-6,14,16,18H,7-13H2,1H3/t14-,16+/m1/s1. The molecule has 1 aromatic carbocycles. The van der Waals surface area contributed by atoms with Crippen LogP contribution in [-0.2, 0) is 4.74 Å². The first kappa shape index (κ1) is 15.5. The van der Waals surface area contributed by atoms with Crippen LogP contribution in [0.2, 0.25) is 0 Å². The Morgan fingerprint density at radius 2 is 1.91 bits per heavy atom. The molecule has 2 aliphatic rings. The summed E-state index contributed by atoms with van der Waals surface area (Å²) in [6, 6.07) is 9.54. The molecule has 1 aromatic rings. The minimum atomic E-state index is 0.143. The van der Waals surface area contributed by atoms with Crippen LogP contribution in [0.3, 0.4) is 0 Å². The Hall–Kier alpha value is -1.43. The van der Waals surface area contributed by atoms with E-state index in [-0.39, 0.29) is 12.0 Å². The van der Waals surface area contributed by atoms with Crippen LogP contribution in [0.4, 0.5) is 0 Å². The Labute approximate surface area is 132 Å². The van der Waals surface area contributed by atoms with Gasteiger partial charge in [0.05, 0.1) is 12.2 Å². The molecule has 2 atom stereocenters. The van der Waals surface area contributed by atoms with Gasteiger partial charge in [-0.3, -0.25) is 9.69 Å². The van der Waals surface area contributed by atoms with E-state index < -0.39 is 0 Å². The second kappa shape index (κ2) is 7.22. The van der Waals surface area contributed by atoms with Gasteiger partial charge < -0.3 is 15.0 Å². The van der Waals surface area contributed by atoms with Gasteiger partial charge >= 0.3 is 0 Å². The average molecular weight is 303 g/mol.